The van der Waals surface area contributed by atoms with E-state index in [0.717, 1.165) is 20.5 Å². The monoisotopic (exact) mass is 459 g/mol. The van der Waals surface area contributed by atoms with Gasteiger partial charge in [-0.2, -0.15) is 0 Å². The molecule has 0 atom stereocenters. The molecule has 0 saturated carbocycles. The second-order valence-electron chi connectivity index (χ2n) is 6.00. The molecular weight excluding hydrogens is 446 g/mol. The largest absolute Gasteiger partial charge is 0.324 e. The molecule has 0 aliphatic heterocycles. The van der Waals surface area contributed by atoms with E-state index in [1.807, 2.05) is 48.0 Å². The fraction of sp³-hybridized carbons (Fsp3) is 0.105. The highest BCUT2D eigenvalue weighted by molar-refractivity contribution is 9.10. The minimum absolute atomic E-state index is 0.0903. The Morgan fingerprint density at radius 3 is 2.89 bits per heavy atom. The number of rotatable bonds is 4. The molecule has 5 nitrogen and oxygen atoms in total. The van der Waals surface area contributed by atoms with Gasteiger partial charge in [-0.1, -0.05) is 28.1 Å². The third-order valence-electron chi connectivity index (χ3n) is 4.12. The van der Waals surface area contributed by atoms with Gasteiger partial charge in [0.15, 0.2) is 0 Å². The molecule has 0 radical (unpaired) electrons. The number of aryl methyl sites for hydroxylation is 1. The molecule has 4 rings (SSSR count). The maximum atomic E-state index is 12.9. The van der Waals surface area contributed by atoms with Gasteiger partial charge in [0, 0.05) is 26.0 Å². The van der Waals surface area contributed by atoms with E-state index in [4.69, 9.17) is 0 Å². The van der Waals surface area contributed by atoms with Crippen molar-refractivity contribution in [2.75, 3.05) is 5.32 Å². The first kappa shape index (κ1) is 18.1. The number of nitrogens with one attached hydrogen (secondary N) is 1. The minimum atomic E-state index is -0.276. The lowest BCUT2D eigenvalue weighted by molar-refractivity contribution is -0.116. The van der Waals surface area contributed by atoms with E-state index >= 15 is 0 Å². The van der Waals surface area contributed by atoms with Crippen molar-refractivity contribution in [2.45, 2.75) is 13.5 Å². The molecule has 8 heteroatoms. The normalized spacial score (nSPS) is 11.0. The van der Waals surface area contributed by atoms with Gasteiger partial charge in [0.25, 0.3) is 5.56 Å². The van der Waals surface area contributed by atoms with Gasteiger partial charge >= 0.3 is 0 Å². The smallest absolute Gasteiger partial charge is 0.263 e. The fourth-order valence-electron chi connectivity index (χ4n) is 2.72. The predicted octanol–water partition coefficient (Wildman–Crippen LogP) is 4.90. The number of nitrogens with zero attached hydrogens (tertiary/aromatic N) is 2. The van der Waals surface area contributed by atoms with E-state index in [9.17, 15) is 9.59 Å². The Labute approximate surface area is 171 Å². The highest BCUT2D eigenvalue weighted by Gasteiger charge is 2.15. The molecule has 0 saturated heterocycles. The van der Waals surface area contributed by atoms with Crippen molar-refractivity contribution >= 4 is 60.4 Å². The number of hydrogen-bond acceptors (Lipinski definition) is 5. The third-order valence-corrected chi connectivity index (χ3v) is 6.76. The lowest BCUT2D eigenvalue weighted by Crippen LogP contribution is -2.27. The molecule has 1 aromatic carbocycles. The predicted molar refractivity (Wildman–Crippen MR) is 115 cm³/mol. The van der Waals surface area contributed by atoms with Crippen LogP contribution in [0.25, 0.3) is 20.7 Å². The van der Waals surface area contributed by atoms with Crippen molar-refractivity contribution in [2.24, 2.45) is 0 Å². The van der Waals surface area contributed by atoms with Crippen molar-refractivity contribution < 1.29 is 4.79 Å². The van der Waals surface area contributed by atoms with E-state index in [1.54, 1.807) is 11.3 Å². The molecule has 0 spiro atoms. The number of anilines is 1. The molecule has 0 aliphatic carbocycles. The SMILES string of the molecule is Cc1ccc(NC(=O)Cn2cnc3scc(-c4cccs4)c3c2=O)cc1Br. The molecule has 27 heavy (non-hydrogen) atoms. The lowest BCUT2D eigenvalue weighted by atomic mass is 10.2. The third kappa shape index (κ3) is 3.60. The molecule has 1 N–H and O–H groups in total. The second kappa shape index (κ2) is 7.38. The van der Waals surface area contributed by atoms with Crippen LogP contribution in [0, 0.1) is 6.92 Å². The molecule has 4 aromatic rings. The zero-order valence-electron chi connectivity index (χ0n) is 14.2. The van der Waals surface area contributed by atoms with Crippen LogP contribution in [0.15, 0.2) is 56.7 Å². The summed E-state index contributed by atoms with van der Waals surface area (Å²) in [5, 5.41) is 7.30. The Morgan fingerprint density at radius 2 is 2.15 bits per heavy atom. The van der Waals surface area contributed by atoms with Crippen LogP contribution in [0.1, 0.15) is 5.56 Å². The van der Waals surface area contributed by atoms with E-state index in [0.29, 0.717) is 15.9 Å². The molecule has 3 aromatic heterocycles. The maximum absolute atomic E-state index is 12.9. The van der Waals surface area contributed by atoms with Crippen LogP contribution in [0.3, 0.4) is 0 Å². The summed E-state index contributed by atoms with van der Waals surface area (Å²) in [6.45, 7) is 1.88. The van der Waals surface area contributed by atoms with Crippen molar-refractivity contribution in [3.05, 3.63) is 67.8 Å². The van der Waals surface area contributed by atoms with E-state index in [1.165, 1.54) is 22.2 Å². The van der Waals surface area contributed by atoms with E-state index < -0.39 is 0 Å². The maximum Gasteiger partial charge on any atom is 0.263 e. The number of hydrogen-bond donors (Lipinski definition) is 1. The summed E-state index contributed by atoms with van der Waals surface area (Å²) in [5.74, 6) is -0.276. The summed E-state index contributed by atoms with van der Waals surface area (Å²) >= 11 is 6.46. The van der Waals surface area contributed by atoms with Crippen molar-refractivity contribution in [3.8, 4) is 10.4 Å². The summed E-state index contributed by atoms with van der Waals surface area (Å²) in [7, 11) is 0. The summed E-state index contributed by atoms with van der Waals surface area (Å²) in [4.78, 5) is 31.4. The fourth-order valence-corrected chi connectivity index (χ4v) is 4.82. The van der Waals surface area contributed by atoms with Crippen LogP contribution in [0.2, 0.25) is 0 Å². The molecule has 3 heterocycles. The molecule has 1 amide bonds. The first-order valence-electron chi connectivity index (χ1n) is 8.09. The van der Waals surface area contributed by atoms with E-state index in [2.05, 4.69) is 26.2 Å². The Bertz CT molecular complexity index is 1200. The summed E-state index contributed by atoms with van der Waals surface area (Å²) < 4.78 is 2.27. The summed E-state index contributed by atoms with van der Waals surface area (Å²) in [6, 6.07) is 9.51. The van der Waals surface area contributed by atoms with Gasteiger partial charge in [-0.15, -0.1) is 22.7 Å². The lowest BCUT2D eigenvalue weighted by Gasteiger charge is -2.09. The zero-order chi connectivity index (χ0) is 19.0. The number of carbonyl (C=O) groups is 1. The summed E-state index contributed by atoms with van der Waals surface area (Å²) in [6.07, 6.45) is 1.43. The molecular formula is C19H14BrN3O2S2. The van der Waals surface area contributed by atoms with E-state index in [-0.39, 0.29) is 18.0 Å². The first-order valence-corrected chi connectivity index (χ1v) is 10.6. The number of aromatic nitrogens is 2. The van der Waals surface area contributed by atoms with Crippen LogP contribution in [-0.4, -0.2) is 15.5 Å². The van der Waals surface area contributed by atoms with Gasteiger partial charge in [-0.3, -0.25) is 14.2 Å². The highest BCUT2D eigenvalue weighted by Crippen LogP contribution is 2.33. The molecule has 0 bridgehead atoms. The number of amides is 1. The Hall–Kier alpha value is -2.29. The van der Waals surface area contributed by atoms with Gasteiger partial charge < -0.3 is 5.32 Å². The average Bonchev–Trinajstić information content (AvgIpc) is 3.30. The van der Waals surface area contributed by atoms with Crippen LogP contribution in [0.5, 0.6) is 0 Å². The molecule has 136 valence electrons. The number of benzene rings is 1. The zero-order valence-corrected chi connectivity index (χ0v) is 17.5. The van der Waals surface area contributed by atoms with Gasteiger partial charge in [0.2, 0.25) is 5.91 Å². The Balaban J connectivity index is 1.63. The van der Waals surface area contributed by atoms with Gasteiger partial charge in [0.1, 0.15) is 11.4 Å². The first-order chi connectivity index (χ1) is 13.0. The number of halogens is 1. The Morgan fingerprint density at radius 1 is 1.30 bits per heavy atom. The van der Waals surface area contributed by atoms with Crippen molar-refractivity contribution in [1.82, 2.24) is 9.55 Å². The topological polar surface area (TPSA) is 64.0 Å². The quantitative estimate of drug-likeness (QED) is 0.472. The Kier molecular flexibility index (Phi) is 4.94. The van der Waals surface area contributed by atoms with Gasteiger partial charge in [0.05, 0.1) is 11.7 Å². The van der Waals surface area contributed by atoms with Crippen molar-refractivity contribution in [1.29, 1.82) is 0 Å². The van der Waals surface area contributed by atoms with Gasteiger partial charge in [-0.05, 0) is 36.1 Å². The van der Waals surface area contributed by atoms with Crippen LogP contribution < -0.4 is 10.9 Å². The molecule has 0 fully saturated rings. The number of carbonyl (C=O) groups excluding carboxylic acids is 1. The number of thiophene rings is 2. The van der Waals surface area contributed by atoms with Crippen molar-refractivity contribution in [3.63, 3.8) is 0 Å². The summed E-state index contributed by atoms with van der Waals surface area (Å²) in [5.41, 5.74) is 2.43. The highest BCUT2D eigenvalue weighted by atomic mass is 79.9. The van der Waals surface area contributed by atoms with Gasteiger partial charge in [-0.25, -0.2) is 4.98 Å². The van der Waals surface area contributed by atoms with Crippen LogP contribution in [-0.2, 0) is 11.3 Å². The number of fused-ring (bicyclic) bond motifs is 1. The van der Waals surface area contributed by atoms with Crippen LogP contribution in [0.4, 0.5) is 5.69 Å². The standard InChI is InChI=1S/C19H14BrN3O2S2/c1-11-4-5-12(7-14(11)20)22-16(24)8-23-10-21-18-17(19(23)25)13(9-27-18)15-3-2-6-26-15/h2-7,9-10H,8H2,1H3,(H,22,24). The second-order valence-corrected chi connectivity index (χ2v) is 8.66. The molecule has 0 unspecified atom stereocenters. The molecule has 0 aliphatic rings. The minimum Gasteiger partial charge on any atom is -0.324 e. The van der Waals surface area contributed by atoms with Crippen LogP contribution >= 0.6 is 38.6 Å². The average molecular weight is 460 g/mol.